The summed E-state index contributed by atoms with van der Waals surface area (Å²) in [7, 11) is 0. The third-order valence-corrected chi connectivity index (χ3v) is 5.90. The average molecular weight is 392 g/mol. The number of nitrogens with one attached hydrogen (secondary N) is 1. The van der Waals surface area contributed by atoms with Gasteiger partial charge in [-0.1, -0.05) is 0 Å². The topological polar surface area (TPSA) is 119 Å². The van der Waals surface area contributed by atoms with Gasteiger partial charge in [0.1, 0.15) is 5.65 Å². The highest BCUT2D eigenvalue weighted by Gasteiger charge is 2.33. The monoisotopic (exact) mass is 392 g/mol. The molecule has 0 spiro atoms. The van der Waals surface area contributed by atoms with Crippen molar-refractivity contribution < 1.29 is 9.59 Å². The van der Waals surface area contributed by atoms with E-state index < -0.39 is 5.91 Å². The molecule has 3 heterocycles. The molecule has 1 aliphatic carbocycles. The normalized spacial score (nSPS) is 22.3. The molecule has 2 aromatic rings. The minimum Gasteiger partial charge on any atom is -0.367 e. The third kappa shape index (κ3) is 3.94. The van der Waals surface area contributed by atoms with Crippen LogP contribution in [0.15, 0.2) is 24.5 Å². The van der Waals surface area contributed by atoms with Crippen molar-refractivity contribution in [3.8, 4) is 6.07 Å². The number of nitriles is 1. The number of nitrogens with two attached hydrogens (primary N) is 1. The highest BCUT2D eigenvalue weighted by Crippen LogP contribution is 2.32. The van der Waals surface area contributed by atoms with Crippen LogP contribution in [0.2, 0.25) is 0 Å². The van der Waals surface area contributed by atoms with E-state index in [2.05, 4.69) is 20.9 Å². The number of rotatable bonds is 4. The fraction of sp³-hybridized carbons (Fsp3) is 0.429. The van der Waals surface area contributed by atoms with Crippen LogP contribution in [-0.2, 0) is 9.59 Å². The summed E-state index contributed by atoms with van der Waals surface area (Å²) in [5, 5.41) is 9.98. The van der Waals surface area contributed by atoms with Crippen LogP contribution in [0.4, 0.5) is 5.69 Å². The number of primary amides is 1. The molecule has 2 aromatic heterocycles. The van der Waals surface area contributed by atoms with Gasteiger partial charge in [-0.2, -0.15) is 5.26 Å². The van der Waals surface area contributed by atoms with Gasteiger partial charge in [-0.15, -0.1) is 0 Å². The second-order valence-corrected chi connectivity index (χ2v) is 7.72. The van der Waals surface area contributed by atoms with Gasteiger partial charge in [0.2, 0.25) is 11.8 Å². The first-order chi connectivity index (χ1) is 14.0. The molecule has 8 heteroatoms. The number of pyridine rings is 1. The van der Waals surface area contributed by atoms with Crippen LogP contribution in [0.25, 0.3) is 17.1 Å². The Balaban J connectivity index is 1.42. The quantitative estimate of drug-likeness (QED) is 0.767. The van der Waals surface area contributed by atoms with Crippen LogP contribution in [0, 0.1) is 23.2 Å². The number of fused-ring (bicyclic) bond motifs is 1. The van der Waals surface area contributed by atoms with E-state index in [0.29, 0.717) is 19.5 Å². The first-order valence-electron chi connectivity index (χ1n) is 9.93. The van der Waals surface area contributed by atoms with Crippen molar-refractivity contribution in [3.05, 3.63) is 30.1 Å². The Morgan fingerprint density at radius 3 is 2.76 bits per heavy atom. The smallest absolute Gasteiger partial charge is 0.241 e. The van der Waals surface area contributed by atoms with Crippen LogP contribution < -0.4 is 10.6 Å². The zero-order chi connectivity index (χ0) is 20.4. The van der Waals surface area contributed by atoms with Crippen molar-refractivity contribution in [2.24, 2.45) is 17.6 Å². The van der Waals surface area contributed by atoms with Gasteiger partial charge in [0.05, 0.1) is 18.0 Å². The van der Waals surface area contributed by atoms with E-state index in [1.807, 2.05) is 17.2 Å². The molecule has 0 aromatic carbocycles. The minimum atomic E-state index is -0.493. The SMILES string of the molecule is N#C[C@@H]1CC[C@@H](C(=O)N2CCN(c3cnc4[nH]cc(/C=C/C(N)=O)c4c3)CC2)C1. The van der Waals surface area contributed by atoms with Crippen LogP contribution in [0.1, 0.15) is 24.8 Å². The van der Waals surface area contributed by atoms with E-state index in [-0.39, 0.29) is 17.7 Å². The summed E-state index contributed by atoms with van der Waals surface area (Å²) in [5.41, 5.74) is 7.79. The molecule has 2 fully saturated rings. The maximum absolute atomic E-state index is 12.8. The maximum Gasteiger partial charge on any atom is 0.241 e. The highest BCUT2D eigenvalue weighted by molar-refractivity contribution is 5.95. The number of amides is 2. The standard InChI is InChI=1S/C21H24N6O2/c22-11-14-1-2-15(9-14)21(29)27-7-5-26(6-8-27)17-10-18-16(3-4-19(23)28)12-24-20(18)25-13-17/h3-4,10,12-15H,1-2,5-9H2,(H2,23,28)(H,24,25)/b4-3+/t14-,15-/m1/s1. The molecule has 150 valence electrons. The maximum atomic E-state index is 12.8. The number of carbonyl (C=O) groups excluding carboxylic acids is 2. The predicted octanol–water partition coefficient (Wildman–Crippen LogP) is 1.65. The summed E-state index contributed by atoms with van der Waals surface area (Å²) in [6.07, 6.45) is 9.00. The Morgan fingerprint density at radius 2 is 2.07 bits per heavy atom. The molecule has 2 aliphatic rings. The van der Waals surface area contributed by atoms with Gasteiger partial charge < -0.3 is 20.5 Å². The van der Waals surface area contributed by atoms with Gasteiger partial charge in [-0.05, 0) is 31.4 Å². The number of carbonyl (C=O) groups is 2. The van der Waals surface area contributed by atoms with Crippen molar-refractivity contribution >= 4 is 34.6 Å². The van der Waals surface area contributed by atoms with Crippen molar-refractivity contribution in [2.75, 3.05) is 31.1 Å². The van der Waals surface area contributed by atoms with Gasteiger partial charge in [0.25, 0.3) is 0 Å². The van der Waals surface area contributed by atoms with E-state index >= 15 is 0 Å². The molecule has 1 saturated carbocycles. The van der Waals surface area contributed by atoms with Crippen molar-refractivity contribution in [1.82, 2.24) is 14.9 Å². The number of aromatic amines is 1. The average Bonchev–Trinajstić information content (AvgIpc) is 3.38. The molecule has 0 unspecified atom stereocenters. The molecule has 0 radical (unpaired) electrons. The van der Waals surface area contributed by atoms with Gasteiger partial charge in [-0.3, -0.25) is 9.59 Å². The Bertz CT molecular complexity index is 996. The van der Waals surface area contributed by atoms with E-state index in [1.165, 1.54) is 6.08 Å². The van der Waals surface area contributed by atoms with Crippen LogP contribution in [0.5, 0.6) is 0 Å². The summed E-state index contributed by atoms with van der Waals surface area (Å²) in [4.78, 5) is 35.5. The van der Waals surface area contributed by atoms with Crippen LogP contribution >= 0.6 is 0 Å². The molecule has 2 amide bonds. The van der Waals surface area contributed by atoms with E-state index in [9.17, 15) is 9.59 Å². The number of hydrogen-bond donors (Lipinski definition) is 2. The van der Waals surface area contributed by atoms with Gasteiger partial charge >= 0.3 is 0 Å². The van der Waals surface area contributed by atoms with E-state index in [4.69, 9.17) is 11.0 Å². The summed E-state index contributed by atoms with van der Waals surface area (Å²) < 4.78 is 0. The van der Waals surface area contributed by atoms with E-state index in [0.717, 1.165) is 48.2 Å². The highest BCUT2D eigenvalue weighted by atomic mass is 16.2. The number of nitrogens with zero attached hydrogens (tertiary/aromatic N) is 4. The van der Waals surface area contributed by atoms with Gasteiger partial charge in [-0.25, -0.2) is 4.98 Å². The number of hydrogen-bond acceptors (Lipinski definition) is 5. The molecule has 29 heavy (non-hydrogen) atoms. The molecule has 0 bridgehead atoms. The van der Waals surface area contributed by atoms with E-state index in [1.54, 1.807) is 12.3 Å². The third-order valence-electron chi connectivity index (χ3n) is 5.90. The van der Waals surface area contributed by atoms with Gasteiger partial charge in [0, 0.05) is 61.2 Å². The summed E-state index contributed by atoms with van der Waals surface area (Å²) in [6.45, 7) is 2.83. The zero-order valence-electron chi connectivity index (χ0n) is 16.2. The molecule has 1 aliphatic heterocycles. The van der Waals surface area contributed by atoms with Crippen molar-refractivity contribution in [1.29, 1.82) is 5.26 Å². The number of anilines is 1. The Hall–Kier alpha value is -3.34. The molecule has 8 nitrogen and oxygen atoms in total. The molecule has 4 rings (SSSR count). The lowest BCUT2D eigenvalue weighted by atomic mass is 10.0. The predicted molar refractivity (Wildman–Crippen MR) is 110 cm³/mol. The summed E-state index contributed by atoms with van der Waals surface area (Å²) >= 11 is 0. The molecule has 3 N–H and O–H groups in total. The van der Waals surface area contributed by atoms with Crippen LogP contribution in [0.3, 0.4) is 0 Å². The summed E-state index contributed by atoms with van der Waals surface area (Å²) in [6, 6.07) is 4.34. The Kier molecular flexibility index (Phi) is 5.21. The lowest BCUT2D eigenvalue weighted by molar-refractivity contribution is -0.135. The molecular weight excluding hydrogens is 368 g/mol. The summed E-state index contributed by atoms with van der Waals surface area (Å²) in [5.74, 6) is -0.265. The first kappa shape index (κ1) is 19.0. The number of piperazine rings is 1. The number of H-pyrrole nitrogens is 1. The van der Waals surface area contributed by atoms with Crippen molar-refractivity contribution in [3.63, 3.8) is 0 Å². The molecule has 2 atom stereocenters. The minimum absolute atomic E-state index is 0.00340. The second-order valence-electron chi connectivity index (χ2n) is 7.72. The van der Waals surface area contributed by atoms with Gasteiger partial charge in [0.15, 0.2) is 0 Å². The lowest BCUT2D eigenvalue weighted by Gasteiger charge is -2.37. The fourth-order valence-electron chi connectivity index (χ4n) is 4.26. The van der Waals surface area contributed by atoms with Crippen molar-refractivity contribution in [2.45, 2.75) is 19.3 Å². The zero-order valence-corrected chi connectivity index (χ0v) is 16.2. The molecule has 1 saturated heterocycles. The second kappa shape index (κ2) is 7.95. The van der Waals surface area contributed by atoms with Crippen LogP contribution in [-0.4, -0.2) is 52.9 Å². The Labute approximate surface area is 169 Å². The molecular formula is C21H24N6O2. The fourth-order valence-corrected chi connectivity index (χ4v) is 4.26. The number of aromatic nitrogens is 2. The largest absolute Gasteiger partial charge is 0.367 e. The Morgan fingerprint density at radius 1 is 1.28 bits per heavy atom. The first-order valence-corrected chi connectivity index (χ1v) is 9.93. The lowest BCUT2D eigenvalue weighted by Crippen LogP contribution is -2.50.